The first-order valence-corrected chi connectivity index (χ1v) is 16.7. The van der Waals surface area contributed by atoms with E-state index in [1.807, 2.05) is 0 Å². The molecule has 206 valence electrons. The van der Waals surface area contributed by atoms with Crippen LogP contribution in [0.25, 0.3) is 0 Å². The van der Waals surface area contributed by atoms with Crippen molar-refractivity contribution in [2.24, 2.45) is 23.2 Å². The zero-order valence-electron chi connectivity index (χ0n) is 23.0. The van der Waals surface area contributed by atoms with Gasteiger partial charge in [-0.05, 0) is 80.0 Å². The van der Waals surface area contributed by atoms with Crippen LogP contribution >= 0.6 is 0 Å². The quantitative estimate of drug-likeness (QED) is 0.111. The van der Waals surface area contributed by atoms with E-state index >= 15 is 0 Å². The molecule has 0 aliphatic heterocycles. The lowest BCUT2D eigenvalue weighted by Crippen LogP contribution is -2.51. The van der Waals surface area contributed by atoms with Crippen molar-refractivity contribution >= 4 is 28.6 Å². The lowest BCUT2D eigenvalue weighted by molar-refractivity contribution is -0.144. The van der Waals surface area contributed by atoms with Crippen molar-refractivity contribution in [3.63, 3.8) is 0 Å². The summed E-state index contributed by atoms with van der Waals surface area (Å²) in [5.41, 5.74) is -0.112. The van der Waals surface area contributed by atoms with E-state index in [4.69, 9.17) is 9.47 Å². The first-order chi connectivity index (χ1) is 17.4. The molecule has 0 atom stereocenters. The summed E-state index contributed by atoms with van der Waals surface area (Å²) in [6.45, 7) is 5.31. The summed E-state index contributed by atoms with van der Waals surface area (Å²) in [6, 6.07) is 0. The molecule has 5 nitrogen and oxygen atoms in total. The van der Waals surface area contributed by atoms with Gasteiger partial charge < -0.3 is 9.47 Å². The Hall–Kier alpha value is -1.04. The first-order valence-electron chi connectivity index (χ1n) is 14.9. The smallest absolute Gasteiger partial charge is 0.310 e. The molecule has 4 saturated carbocycles. The molecule has 0 aromatic carbocycles. The molecule has 0 aromatic rings. The number of carbonyl (C=O) groups is 3. The standard InChI is InChI=1S/C30H51O5S/c1-3-5-7-9-13-34-28(32)11-15-36(16-12-29(33)35-14-10-8-6-4-2)23-27(31)30-20-24-17-25(21-30)19-26(18-24)22-30/h24-26H,3-23H2,1-2H3/q+1. The van der Waals surface area contributed by atoms with Gasteiger partial charge in [0, 0.05) is 5.41 Å². The second-order valence-corrected chi connectivity index (χ2v) is 14.2. The molecule has 0 aromatic heterocycles. The van der Waals surface area contributed by atoms with Gasteiger partial charge in [0.2, 0.25) is 0 Å². The van der Waals surface area contributed by atoms with Gasteiger partial charge in [-0.15, -0.1) is 0 Å². The number of ether oxygens (including phenoxy) is 2. The van der Waals surface area contributed by atoms with Gasteiger partial charge in [-0.2, -0.15) is 0 Å². The Morgan fingerprint density at radius 1 is 0.694 bits per heavy atom. The van der Waals surface area contributed by atoms with Gasteiger partial charge >= 0.3 is 11.9 Å². The van der Waals surface area contributed by atoms with Crippen molar-refractivity contribution < 1.29 is 23.9 Å². The van der Waals surface area contributed by atoms with E-state index in [1.165, 1.54) is 32.1 Å². The van der Waals surface area contributed by atoms with Crippen LogP contribution < -0.4 is 0 Å². The molecular formula is C30H51O5S+. The predicted octanol–water partition coefficient (Wildman–Crippen LogP) is 6.42. The zero-order chi connectivity index (χ0) is 25.8. The highest BCUT2D eigenvalue weighted by molar-refractivity contribution is 7.97. The van der Waals surface area contributed by atoms with Crippen LogP contribution in [0.15, 0.2) is 0 Å². The molecule has 0 spiro atoms. The molecule has 6 heteroatoms. The van der Waals surface area contributed by atoms with Gasteiger partial charge in [0.05, 0.1) is 26.1 Å². The maximum Gasteiger partial charge on any atom is 0.310 e. The van der Waals surface area contributed by atoms with Gasteiger partial charge in [-0.25, -0.2) is 0 Å². The Kier molecular flexibility index (Phi) is 12.6. The highest BCUT2D eigenvalue weighted by Crippen LogP contribution is 2.60. The number of Topliss-reactive ketones (excluding diaryl/α,β-unsaturated/α-hetero) is 1. The number of hydrogen-bond acceptors (Lipinski definition) is 5. The third kappa shape index (κ3) is 9.36. The third-order valence-corrected chi connectivity index (χ3v) is 10.9. The van der Waals surface area contributed by atoms with E-state index in [0.717, 1.165) is 75.5 Å². The number of unbranched alkanes of at least 4 members (excludes halogenated alkanes) is 6. The number of carbonyl (C=O) groups excluding carboxylic acids is 3. The molecule has 0 heterocycles. The van der Waals surface area contributed by atoms with Gasteiger partial charge in [0.25, 0.3) is 0 Å². The third-order valence-electron chi connectivity index (χ3n) is 8.68. The molecule has 4 rings (SSSR count). The minimum absolute atomic E-state index is 0.112. The van der Waals surface area contributed by atoms with Crippen molar-refractivity contribution in [3.05, 3.63) is 0 Å². The normalized spacial score (nSPS) is 26.4. The highest BCUT2D eigenvalue weighted by Gasteiger charge is 2.55. The van der Waals surface area contributed by atoms with E-state index in [1.54, 1.807) is 0 Å². The van der Waals surface area contributed by atoms with Crippen LogP contribution in [0.1, 0.15) is 117 Å². The summed E-state index contributed by atoms with van der Waals surface area (Å²) in [5.74, 6) is 4.15. The number of rotatable bonds is 19. The van der Waals surface area contributed by atoms with Crippen molar-refractivity contribution in [3.8, 4) is 0 Å². The van der Waals surface area contributed by atoms with E-state index in [-0.39, 0.29) is 28.2 Å². The molecule has 0 unspecified atom stereocenters. The predicted molar refractivity (Wildman–Crippen MR) is 147 cm³/mol. The van der Waals surface area contributed by atoms with E-state index in [0.29, 0.717) is 49.1 Å². The van der Waals surface area contributed by atoms with Crippen LogP contribution in [0, 0.1) is 23.2 Å². The lowest BCUT2D eigenvalue weighted by atomic mass is 9.48. The average molecular weight is 524 g/mol. The van der Waals surface area contributed by atoms with E-state index in [2.05, 4.69) is 13.8 Å². The van der Waals surface area contributed by atoms with Crippen LogP contribution in [0.2, 0.25) is 0 Å². The van der Waals surface area contributed by atoms with Gasteiger partial charge in [-0.3, -0.25) is 14.4 Å². The summed E-state index contributed by atoms with van der Waals surface area (Å²) in [7, 11) is -0.280. The van der Waals surface area contributed by atoms with Gasteiger partial charge in [0.1, 0.15) is 11.5 Å². The van der Waals surface area contributed by atoms with Crippen molar-refractivity contribution in [1.82, 2.24) is 0 Å². The Bertz CT molecular complexity index is 640. The summed E-state index contributed by atoms with van der Waals surface area (Å²) in [4.78, 5) is 38.4. The van der Waals surface area contributed by atoms with Crippen LogP contribution in [-0.2, 0) is 34.8 Å². The number of ketones is 1. The van der Waals surface area contributed by atoms with Crippen LogP contribution in [0.5, 0.6) is 0 Å². The summed E-state index contributed by atoms with van der Waals surface area (Å²) in [6.07, 6.45) is 16.6. The van der Waals surface area contributed by atoms with E-state index in [9.17, 15) is 14.4 Å². The molecular weight excluding hydrogens is 472 g/mol. The van der Waals surface area contributed by atoms with Gasteiger partial charge in [0.15, 0.2) is 11.5 Å². The monoisotopic (exact) mass is 523 g/mol. The average Bonchev–Trinajstić information content (AvgIpc) is 2.84. The topological polar surface area (TPSA) is 69.7 Å². The van der Waals surface area contributed by atoms with Crippen LogP contribution in [-0.4, -0.2) is 48.2 Å². The summed E-state index contributed by atoms with van der Waals surface area (Å²) >= 11 is 0. The molecule has 36 heavy (non-hydrogen) atoms. The minimum Gasteiger partial charge on any atom is -0.466 e. The minimum atomic E-state index is -0.280. The summed E-state index contributed by atoms with van der Waals surface area (Å²) in [5, 5.41) is 0. The maximum absolute atomic E-state index is 13.7. The van der Waals surface area contributed by atoms with Crippen molar-refractivity contribution in [2.75, 3.05) is 30.5 Å². The highest BCUT2D eigenvalue weighted by atomic mass is 32.2. The Balaban J connectivity index is 1.48. The number of hydrogen-bond donors (Lipinski definition) is 0. The molecule has 0 radical (unpaired) electrons. The fourth-order valence-corrected chi connectivity index (χ4v) is 9.15. The largest absolute Gasteiger partial charge is 0.466 e. The molecule has 0 N–H and O–H groups in total. The SMILES string of the molecule is CCCCCCOC(=O)CC[S+](CCC(=O)OCCCCCC)CC(=O)C12CC3CC(CC(C3)C1)C2. The molecule has 4 bridgehead atoms. The van der Waals surface area contributed by atoms with Crippen molar-refractivity contribution in [2.45, 2.75) is 117 Å². The Morgan fingerprint density at radius 3 is 1.56 bits per heavy atom. The zero-order valence-corrected chi connectivity index (χ0v) is 23.8. The molecule has 0 saturated heterocycles. The second-order valence-electron chi connectivity index (χ2n) is 11.8. The molecule has 0 amide bonds. The molecule has 4 aliphatic carbocycles. The van der Waals surface area contributed by atoms with Crippen molar-refractivity contribution in [1.29, 1.82) is 0 Å². The van der Waals surface area contributed by atoms with Gasteiger partial charge in [-0.1, -0.05) is 52.4 Å². The molecule has 4 aliphatic rings. The fourth-order valence-electron chi connectivity index (χ4n) is 7.07. The molecule has 4 fully saturated rings. The fraction of sp³-hybridized carbons (Fsp3) is 0.900. The van der Waals surface area contributed by atoms with E-state index < -0.39 is 0 Å². The Morgan fingerprint density at radius 2 is 1.14 bits per heavy atom. The van der Waals surface area contributed by atoms with Crippen LogP contribution in [0.4, 0.5) is 0 Å². The summed E-state index contributed by atoms with van der Waals surface area (Å²) < 4.78 is 10.9. The first kappa shape index (κ1) is 29.5. The maximum atomic E-state index is 13.7. The Labute approximate surface area is 222 Å². The lowest BCUT2D eigenvalue weighted by Gasteiger charge is -2.55. The second kappa shape index (κ2) is 15.4. The number of esters is 2. The van der Waals surface area contributed by atoms with Crippen LogP contribution in [0.3, 0.4) is 0 Å².